The van der Waals surface area contributed by atoms with Crippen LogP contribution >= 0.6 is 11.8 Å². The number of alkyl halides is 3. The smallest absolute Gasteiger partial charge is 0.446 e. The van der Waals surface area contributed by atoms with E-state index in [-0.39, 0.29) is 16.7 Å². The molecule has 0 aromatic heterocycles. The first-order chi connectivity index (χ1) is 7.29. The zero-order valence-corrected chi connectivity index (χ0v) is 9.10. The van der Waals surface area contributed by atoms with Gasteiger partial charge >= 0.3 is 11.5 Å². The molecule has 0 fully saturated rings. The van der Waals surface area contributed by atoms with Gasteiger partial charge in [-0.15, -0.1) is 0 Å². The number of carbonyl (C=O) groups is 1. The van der Waals surface area contributed by atoms with Crippen molar-refractivity contribution in [3.8, 4) is 0 Å². The zero-order chi connectivity index (χ0) is 12.3. The molecule has 1 rings (SSSR count). The molecule has 1 atom stereocenters. The Morgan fingerprint density at radius 3 is 2.19 bits per heavy atom. The van der Waals surface area contributed by atoms with Crippen LogP contribution in [0.4, 0.5) is 13.2 Å². The van der Waals surface area contributed by atoms with Gasteiger partial charge in [-0.2, -0.15) is 13.2 Å². The van der Waals surface area contributed by atoms with Crippen molar-refractivity contribution in [2.24, 2.45) is 0 Å². The van der Waals surface area contributed by atoms with Crippen molar-refractivity contribution in [3.63, 3.8) is 0 Å². The zero-order valence-electron chi connectivity index (χ0n) is 8.28. The van der Waals surface area contributed by atoms with Gasteiger partial charge in [0.15, 0.2) is 0 Å². The Hall–Kier alpha value is -1.17. The highest BCUT2D eigenvalue weighted by Crippen LogP contribution is 2.37. The van der Waals surface area contributed by atoms with Crippen molar-refractivity contribution in [2.75, 3.05) is 0 Å². The average Bonchev–Trinajstić information content (AvgIpc) is 2.15. The SMILES string of the molecule is CC(C(=O)O)c1ccc(SC(F)(F)F)cc1. The molecule has 0 heterocycles. The van der Waals surface area contributed by atoms with Crippen LogP contribution in [0.2, 0.25) is 0 Å². The summed E-state index contributed by atoms with van der Waals surface area (Å²) in [6, 6.07) is 5.33. The number of carboxylic acids is 1. The van der Waals surface area contributed by atoms with Crippen LogP contribution in [-0.4, -0.2) is 16.6 Å². The minimum absolute atomic E-state index is 0.0499. The second-order valence-corrected chi connectivity index (χ2v) is 4.32. The first-order valence-corrected chi connectivity index (χ1v) is 5.20. The van der Waals surface area contributed by atoms with Crippen LogP contribution in [0.15, 0.2) is 29.2 Å². The predicted octanol–water partition coefficient (Wildman–Crippen LogP) is 3.49. The minimum Gasteiger partial charge on any atom is -0.481 e. The van der Waals surface area contributed by atoms with E-state index < -0.39 is 17.4 Å². The molecule has 1 aromatic rings. The summed E-state index contributed by atoms with van der Waals surface area (Å²) in [5.74, 6) is -1.72. The second kappa shape index (κ2) is 4.78. The van der Waals surface area contributed by atoms with E-state index >= 15 is 0 Å². The fourth-order valence-corrected chi connectivity index (χ4v) is 1.64. The minimum atomic E-state index is -4.32. The fraction of sp³-hybridized carbons (Fsp3) is 0.300. The van der Waals surface area contributed by atoms with E-state index in [1.807, 2.05) is 0 Å². The van der Waals surface area contributed by atoms with Gasteiger partial charge in [0.2, 0.25) is 0 Å². The van der Waals surface area contributed by atoms with Gasteiger partial charge < -0.3 is 5.11 Å². The number of halogens is 3. The lowest BCUT2D eigenvalue weighted by molar-refractivity contribution is -0.138. The molecule has 0 aliphatic rings. The van der Waals surface area contributed by atoms with Gasteiger partial charge in [0.1, 0.15) is 0 Å². The molecule has 2 nitrogen and oxygen atoms in total. The summed E-state index contributed by atoms with van der Waals surface area (Å²) in [5.41, 5.74) is -3.83. The standard InChI is InChI=1S/C10H9F3O2S/c1-6(9(14)15)7-2-4-8(5-3-7)16-10(11,12)13/h2-6H,1H3,(H,14,15). The molecule has 0 aliphatic carbocycles. The molecular formula is C10H9F3O2S. The summed E-state index contributed by atoms with van der Waals surface area (Å²) in [6.45, 7) is 1.48. The number of rotatable bonds is 3. The maximum absolute atomic E-state index is 12.0. The Balaban J connectivity index is 2.79. The summed E-state index contributed by atoms with van der Waals surface area (Å²) in [7, 11) is 0. The van der Waals surface area contributed by atoms with Crippen molar-refractivity contribution >= 4 is 17.7 Å². The molecule has 0 radical (unpaired) electrons. The Morgan fingerprint density at radius 2 is 1.81 bits per heavy atom. The molecular weight excluding hydrogens is 241 g/mol. The van der Waals surface area contributed by atoms with E-state index in [4.69, 9.17) is 5.11 Å². The first kappa shape index (κ1) is 12.9. The lowest BCUT2D eigenvalue weighted by Gasteiger charge is -2.08. The summed E-state index contributed by atoms with van der Waals surface area (Å²) in [5, 5.41) is 8.71. The molecule has 16 heavy (non-hydrogen) atoms. The topological polar surface area (TPSA) is 37.3 Å². The van der Waals surface area contributed by atoms with Gasteiger partial charge in [-0.25, -0.2) is 0 Å². The predicted molar refractivity (Wildman–Crippen MR) is 54.4 cm³/mol. The molecule has 0 saturated heterocycles. The molecule has 0 saturated carbocycles. The van der Waals surface area contributed by atoms with Crippen LogP contribution in [0.3, 0.4) is 0 Å². The maximum atomic E-state index is 12.0. The number of hydrogen-bond donors (Lipinski definition) is 1. The normalized spacial score (nSPS) is 13.5. The largest absolute Gasteiger partial charge is 0.481 e. The lowest BCUT2D eigenvalue weighted by atomic mass is 10.0. The van der Waals surface area contributed by atoms with Crippen LogP contribution in [0, 0.1) is 0 Å². The summed E-state index contributed by atoms with van der Waals surface area (Å²) >= 11 is -0.218. The summed E-state index contributed by atoms with van der Waals surface area (Å²) < 4.78 is 36.0. The third kappa shape index (κ3) is 3.77. The van der Waals surface area contributed by atoms with Crippen LogP contribution in [0.1, 0.15) is 18.4 Å². The third-order valence-electron chi connectivity index (χ3n) is 1.98. The third-order valence-corrected chi connectivity index (χ3v) is 2.72. The molecule has 0 aliphatic heterocycles. The number of aliphatic carboxylic acids is 1. The Bertz CT molecular complexity index is 373. The average molecular weight is 250 g/mol. The van der Waals surface area contributed by atoms with Crippen molar-refractivity contribution in [3.05, 3.63) is 29.8 Å². The number of benzene rings is 1. The molecule has 6 heteroatoms. The highest BCUT2D eigenvalue weighted by atomic mass is 32.2. The maximum Gasteiger partial charge on any atom is 0.446 e. The van der Waals surface area contributed by atoms with E-state index in [2.05, 4.69) is 0 Å². The molecule has 0 bridgehead atoms. The van der Waals surface area contributed by atoms with Crippen LogP contribution in [0.25, 0.3) is 0 Å². The molecule has 0 amide bonds. The summed E-state index contributed by atoms with van der Waals surface area (Å²) in [6.07, 6.45) is 0. The Kier molecular flexibility index (Phi) is 3.85. The van der Waals surface area contributed by atoms with E-state index in [9.17, 15) is 18.0 Å². The lowest BCUT2D eigenvalue weighted by Crippen LogP contribution is -2.07. The number of carboxylic acid groups (broad SMARTS) is 1. The quantitative estimate of drug-likeness (QED) is 0.834. The molecule has 1 unspecified atom stereocenters. The fourth-order valence-electron chi connectivity index (χ4n) is 1.10. The van der Waals surface area contributed by atoms with E-state index in [0.717, 1.165) is 0 Å². The Morgan fingerprint density at radius 1 is 1.31 bits per heavy atom. The number of thioether (sulfide) groups is 1. The monoisotopic (exact) mass is 250 g/mol. The molecule has 1 N–H and O–H groups in total. The first-order valence-electron chi connectivity index (χ1n) is 4.38. The van der Waals surface area contributed by atoms with Gasteiger partial charge in [-0.1, -0.05) is 12.1 Å². The van der Waals surface area contributed by atoms with Crippen molar-refractivity contribution < 1.29 is 23.1 Å². The van der Waals surface area contributed by atoms with Gasteiger partial charge in [0.05, 0.1) is 5.92 Å². The van der Waals surface area contributed by atoms with Crippen molar-refractivity contribution in [1.29, 1.82) is 0 Å². The van der Waals surface area contributed by atoms with E-state index in [1.165, 1.54) is 31.2 Å². The van der Waals surface area contributed by atoms with E-state index in [0.29, 0.717) is 5.56 Å². The van der Waals surface area contributed by atoms with Crippen molar-refractivity contribution in [2.45, 2.75) is 23.2 Å². The summed E-state index contributed by atoms with van der Waals surface area (Å²) in [4.78, 5) is 10.7. The van der Waals surface area contributed by atoms with Gasteiger partial charge in [0.25, 0.3) is 0 Å². The highest BCUT2D eigenvalue weighted by Gasteiger charge is 2.29. The number of hydrogen-bond acceptors (Lipinski definition) is 2. The molecule has 1 aromatic carbocycles. The van der Waals surface area contributed by atoms with Crippen LogP contribution < -0.4 is 0 Å². The van der Waals surface area contributed by atoms with Gasteiger partial charge in [-0.3, -0.25) is 4.79 Å². The van der Waals surface area contributed by atoms with E-state index in [1.54, 1.807) is 0 Å². The highest BCUT2D eigenvalue weighted by molar-refractivity contribution is 8.00. The second-order valence-electron chi connectivity index (χ2n) is 3.18. The van der Waals surface area contributed by atoms with Crippen LogP contribution in [0.5, 0.6) is 0 Å². The van der Waals surface area contributed by atoms with Crippen molar-refractivity contribution in [1.82, 2.24) is 0 Å². The molecule has 0 spiro atoms. The van der Waals surface area contributed by atoms with Gasteiger partial charge in [0, 0.05) is 4.90 Å². The molecule has 88 valence electrons. The van der Waals surface area contributed by atoms with Crippen LogP contribution in [-0.2, 0) is 4.79 Å². The van der Waals surface area contributed by atoms with Gasteiger partial charge in [-0.05, 0) is 36.4 Å². The Labute approximate surface area is 94.5 Å².